The van der Waals surface area contributed by atoms with Gasteiger partial charge in [-0.3, -0.25) is 0 Å². The number of hydrogen-bond donors (Lipinski definition) is 0. The highest BCUT2D eigenvalue weighted by Crippen LogP contribution is 2.30. The molecule has 0 aliphatic rings. The van der Waals surface area contributed by atoms with E-state index in [0.717, 1.165) is 0 Å². The van der Waals surface area contributed by atoms with Gasteiger partial charge in [0.25, 0.3) is 0 Å². The Morgan fingerprint density at radius 1 is 2.00 bits per heavy atom. The Labute approximate surface area is 50.1 Å². The van der Waals surface area contributed by atoms with Crippen LogP contribution in [0.25, 0.3) is 0 Å². The van der Waals surface area contributed by atoms with Crippen molar-refractivity contribution in [2.75, 3.05) is 7.11 Å². The van der Waals surface area contributed by atoms with Gasteiger partial charge in [0.1, 0.15) is 4.57 Å². The zero-order valence-corrected chi connectivity index (χ0v) is 6.67. The van der Waals surface area contributed by atoms with Crippen molar-refractivity contribution in [3.05, 3.63) is 0 Å². The summed E-state index contributed by atoms with van der Waals surface area (Å²) >= 11 is 6.75. The van der Waals surface area contributed by atoms with Crippen molar-refractivity contribution in [3.63, 3.8) is 0 Å². The lowest BCUT2D eigenvalue weighted by Gasteiger charge is -1.81. The molecule has 0 aliphatic carbocycles. The van der Waals surface area contributed by atoms with Crippen LogP contribution in [0, 0.1) is 0 Å². The first-order valence-corrected chi connectivity index (χ1v) is 6.66. The lowest BCUT2D eigenvalue weighted by atomic mass is 11.8. The molecule has 0 N–H and O–H groups in total. The summed E-state index contributed by atoms with van der Waals surface area (Å²) in [6.45, 7) is 0. The molecule has 0 aromatic heterocycles. The van der Waals surface area contributed by atoms with Gasteiger partial charge in [-0.15, -0.1) is 0 Å². The summed E-state index contributed by atoms with van der Waals surface area (Å²) in [7, 11) is 1.63. The number of rotatable bonds is 1. The van der Waals surface area contributed by atoms with Gasteiger partial charge in [0, 0.05) is 7.11 Å². The molecule has 1 nitrogen and oxygen atoms in total. The minimum Gasteiger partial charge on any atom is -0.347 e. The van der Waals surface area contributed by atoms with E-state index in [1.54, 1.807) is 7.11 Å². The van der Waals surface area contributed by atoms with Gasteiger partial charge in [-0.05, 0) is 22.0 Å². The second-order valence-electron chi connectivity index (χ2n) is 0.442. The third kappa shape index (κ3) is 5.34. The van der Waals surface area contributed by atoms with Crippen LogP contribution in [0.4, 0.5) is 0 Å². The van der Waals surface area contributed by atoms with Crippen LogP contribution in [0.1, 0.15) is 0 Å². The van der Waals surface area contributed by atoms with E-state index in [4.69, 9.17) is 0 Å². The SMILES string of the molecule is CO[PH](=S)I. The number of halogens is 1. The lowest BCUT2D eigenvalue weighted by Crippen LogP contribution is -1.48. The van der Waals surface area contributed by atoms with Crippen LogP contribution in [0.2, 0.25) is 0 Å². The molecule has 0 spiro atoms. The Morgan fingerprint density at radius 3 is 2.20 bits per heavy atom. The van der Waals surface area contributed by atoms with E-state index in [-0.39, 0.29) is 0 Å². The van der Waals surface area contributed by atoms with Crippen LogP contribution in [-0.4, -0.2) is 7.11 Å². The Morgan fingerprint density at radius 2 is 2.20 bits per heavy atom. The minimum absolute atomic E-state index is 0.821. The molecular formula is CH4IOPS. The molecule has 32 valence electrons. The molecule has 0 amide bonds. The van der Waals surface area contributed by atoms with E-state index in [1.165, 1.54) is 0 Å². The molecule has 0 aliphatic heterocycles. The van der Waals surface area contributed by atoms with Crippen LogP contribution in [0.15, 0.2) is 0 Å². The van der Waals surface area contributed by atoms with Crippen LogP contribution in [0.3, 0.4) is 0 Å². The predicted molar refractivity (Wildman–Crippen MR) is 36.7 cm³/mol. The molecule has 0 heterocycles. The summed E-state index contributed by atoms with van der Waals surface area (Å²) in [5.74, 6) is 0. The van der Waals surface area contributed by atoms with E-state index in [9.17, 15) is 0 Å². The van der Waals surface area contributed by atoms with Crippen LogP contribution in [0.5, 0.6) is 0 Å². The summed E-state index contributed by atoms with van der Waals surface area (Å²) in [6.07, 6.45) is 0. The van der Waals surface area contributed by atoms with E-state index < -0.39 is 4.57 Å². The van der Waals surface area contributed by atoms with Crippen LogP contribution in [-0.2, 0) is 16.3 Å². The molecule has 0 aromatic carbocycles. The van der Waals surface area contributed by atoms with Gasteiger partial charge < -0.3 is 4.52 Å². The Bertz CT molecular complexity index is 46.9. The summed E-state index contributed by atoms with van der Waals surface area (Å²) < 4.78 is 3.83. The van der Waals surface area contributed by atoms with Crippen LogP contribution >= 0.6 is 26.6 Å². The maximum Gasteiger partial charge on any atom is 0.111 e. The minimum atomic E-state index is -0.821. The molecule has 0 saturated carbocycles. The van der Waals surface area contributed by atoms with E-state index in [1.807, 2.05) is 0 Å². The van der Waals surface area contributed by atoms with Gasteiger partial charge in [0.05, 0.1) is 0 Å². The van der Waals surface area contributed by atoms with Crippen molar-refractivity contribution in [1.82, 2.24) is 0 Å². The smallest absolute Gasteiger partial charge is 0.111 e. The van der Waals surface area contributed by atoms with E-state index >= 15 is 0 Å². The second-order valence-corrected chi connectivity index (χ2v) is 7.57. The first-order chi connectivity index (χ1) is 2.27. The second kappa shape index (κ2) is 3.53. The monoisotopic (exact) mass is 222 g/mol. The highest BCUT2D eigenvalue weighted by atomic mass is 127. The summed E-state index contributed by atoms with van der Waals surface area (Å²) in [5.41, 5.74) is 0. The van der Waals surface area contributed by atoms with Gasteiger partial charge in [0.2, 0.25) is 0 Å². The maximum atomic E-state index is 4.65. The molecule has 1 unspecified atom stereocenters. The molecule has 0 saturated heterocycles. The quantitative estimate of drug-likeness (QED) is 0.492. The highest BCUT2D eigenvalue weighted by Gasteiger charge is 1.69. The normalized spacial score (nSPS) is 14.8. The van der Waals surface area contributed by atoms with Crippen LogP contribution < -0.4 is 0 Å². The largest absolute Gasteiger partial charge is 0.347 e. The summed E-state index contributed by atoms with van der Waals surface area (Å²) in [6, 6.07) is 0. The lowest BCUT2D eigenvalue weighted by molar-refractivity contribution is 0.485. The van der Waals surface area contributed by atoms with Gasteiger partial charge >= 0.3 is 0 Å². The average molecular weight is 222 g/mol. The van der Waals surface area contributed by atoms with Crippen molar-refractivity contribution in [2.45, 2.75) is 0 Å². The molecule has 0 rings (SSSR count). The first kappa shape index (κ1) is 6.34. The fourth-order valence-electron chi connectivity index (χ4n) is 0. The molecule has 0 fully saturated rings. The third-order valence-electron chi connectivity index (χ3n) is 0.160. The molecule has 0 bridgehead atoms. The molecule has 1 atom stereocenters. The molecule has 0 radical (unpaired) electrons. The van der Waals surface area contributed by atoms with Crippen molar-refractivity contribution in [1.29, 1.82) is 0 Å². The Kier molecular flexibility index (Phi) is 4.47. The number of hydrogen-bond acceptors (Lipinski definition) is 2. The zero-order valence-electron chi connectivity index (χ0n) is 2.69. The topological polar surface area (TPSA) is 9.23 Å². The summed E-state index contributed by atoms with van der Waals surface area (Å²) in [5, 5.41) is 0. The third-order valence-corrected chi connectivity index (χ3v) is 2.30. The first-order valence-electron chi connectivity index (χ1n) is 1.01. The maximum absolute atomic E-state index is 4.65. The van der Waals surface area contributed by atoms with Gasteiger partial charge in [0.15, 0.2) is 0 Å². The van der Waals surface area contributed by atoms with Gasteiger partial charge in [-0.25, -0.2) is 0 Å². The van der Waals surface area contributed by atoms with Gasteiger partial charge in [-0.1, -0.05) is 11.8 Å². The molecule has 4 heteroatoms. The van der Waals surface area contributed by atoms with Gasteiger partial charge in [-0.2, -0.15) is 0 Å². The fourth-order valence-corrected chi connectivity index (χ4v) is 0. The van der Waals surface area contributed by atoms with Crippen molar-refractivity contribution in [3.8, 4) is 0 Å². The Balaban J connectivity index is 2.85. The fraction of sp³-hybridized carbons (Fsp3) is 1.00. The highest BCUT2D eigenvalue weighted by molar-refractivity contribution is 14.2. The molecule has 5 heavy (non-hydrogen) atoms. The van der Waals surface area contributed by atoms with Crippen molar-refractivity contribution >= 4 is 38.4 Å². The van der Waals surface area contributed by atoms with E-state index in [2.05, 4.69) is 38.4 Å². The average Bonchev–Trinajstić information content (AvgIpc) is 1.38. The standard InChI is InChI=1S/CH4IOPS/c1-3-4(2)5/h4H,1H3. The Hall–Kier alpha value is 1.34. The van der Waals surface area contributed by atoms with E-state index in [0.29, 0.717) is 0 Å². The van der Waals surface area contributed by atoms with Crippen molar-refractivity contribution in [2.24, 2.45) is 0 Å². The molecule has 0 aromatic rings. The predicted octanol–water partition coefficient (Wildman–Crippen LogP) is 1.57. The zero-order chi connectivity index (χ0) is 4.28. The molecular weight excluding hydrogens is 218 g/mol. The van der Waals surface area contributed by atoms with Crippen molar-refractivity contribution < 1.29 is 4.52 Å². The summed E-state index contributed by atoms with van der Waals surface area (Å²) in [4.78, 5) is 0.